The fraction of sp³-hybridized carbons (Fsp3) is 0.467. The van der Waals surface area contributed by atoms with Crippen LogP contribution in [-0.4, -0.2) is 36.0 Å². The lowest BCUT2D eigenvalue weighted by molar-refractivity contribution is -0.714. The van der Waals surface area contributed by atoms with Crippen LogP contribution in [0, 0.1) is 0 Å². The zero-order valence-corrected chi connectivity index (χ0v) is 13.9. The zero-order chi connectivity index (χ0) is 15.4. The number of rotatable bonds is 5. The maximum absolute atomic E-state index is 12.3. The largest absolute Gasteiger partial charge is 0.336 e. The van der Waals surface area contributed by atoms with Gasteiger partial charge in [-0.25, -0.2) is 4.79 Å². The molecule has 0 aliphatic carbocycles. The van der Waals surface area contributed by atoms with E-state index in [1.54, 1.807) is 0 Å². The quantitative estimate of drug-likeness (QED) is 0.839. The molecule has 5 nitrogen and oxygen atoms in total. The minimum Gasteiger partial charge on any atom is -0.336 e. The van der Waals surface area contributed by atoms with Crippen LogP contribution in [0.25, 0.3) is 0 Å². The Morgan fingerprint density at radius 1 is 1.43 bits per heavy atom. The van der Waals surface area contributed by atoms with Gasteiger partial charge in [0, 0.05) is 29.5 Å². The molecular formula is C15H21BrN3O2+. The maximum Gasteiger partial charge on any atom is 0.324 e. The molecule has 3 amide bonds. The average molecular weight is 355 g/mol. The summed E-state index contributed by atoms with van der Waals surface area (Å²) in [5, 5.41) is 4.70. The zero-order valence-electron chi connectivity index (χ0n) is 12.3. The third-order valence-electron chi connectivity index (χ3n) is 3.77. The van der Waals surface area contributed by atoms with Crippen molar-refractivity contribution < 1.29 is 14.9 Å². The number of urea groups is 1. The van der Waals surface area contributed by atoms with Gasteiger partial charge in [0.15, 0.2) is 6.04 Å². The topological polar surface area (TPSA) is 66.0 Å². The summed E-state index contributed by atoms with van der Waals surface area (Å²) in [6.45, 7) is 4.96. The first kappa shape index (κ1) is 16.0. The molecule has 0 saturated carbocycles. The Kier molecular flexibility index (Phi) is 5.36. The van der Waals surface area contributed by atoms with Gasteiger partial charge in [-0.05, 0) is 19.1 Å². The summed E-state index contributed by atoms with van der Waals surface area (Å²) < 4.78 is 1.04. The standard InChI is InChI=1S/C15H20BrN3O2/c1-3-13(11-4-6-12(16)7-5-11)18-10(2)14(20)19-9-8-17-15(19)21/h4-7,10,13,18H,3,8-9H2,1-2H3,(H,17,21)/p+1/t10-,13-/m0/s1. The lowest BCUT2D eigenvalue weighted by Crippen LogP contribution is -2.92. The van der Waals surface area contributed by atoms with Gasteiger partial charge in [0.05, 0.1) is 0 Å². The van der Waals surface area contributed by atoms with Gasteiger partial charge in [-0.1, -0.05) is 35.0 Å². The molecule has 1 saturated heterocycles. The van der Waals surface area contributed by atoms with Gasteiger partial charge < -0.3 is 10.6 Å². The minimum absolute atomic E-state index is 0.124. The molecule has 1 aromatic rings. The fourth-order valence-electron chi connectivity index (χ4n) is 2.55. The van der Waals surface area contributed by atoms with E-state index in [1.165, 1.54) is 10.5 Å². The van der Waals surface area contributed by atoms with E-state index in [4.69, 9.17) is 0 Å². The third-order valence-corrected chi connectivity index (χ3v) is 4.30. The van der Waals surface area contributed by atoms with Crippen LogP contribution in [0.4, 0.5) is 4.79 Å². The molecule has 0 unspecified atom stereocenters. The molecule has 1 aliphatic rings. The number of halogens is 1. The number of hydrogen-bond donors (Lipinski definition) is 2. The van der Waals surface area contributed by atoms with Crippen molar-refractivity contribution >= 4 is 27.9 Å². The van der Waals surface area contributed by atoms with Crippen molar-refractivity contribution in [2.45, 2.75) is 32.4 Å². The van der Waals surface area contributed by atoms with Crippen molar-refractivity contribution in [2.24, 2.45) is 0 Å². The van der Waals surface area contributed by atoms with E-state index in [2.05, 4.69) is 40.3 Å². The van der Waals surface area contributed by atoms with Crippen LogP contribution in [0.1, 0.15) is 31.9 Å². The van der Waals surface area contributed by atoms with E-state index in [0.29, 0.717) is 13.1 Å². The van der Waals surface area contributed by atoms with Crippen LogP contribution in [0.15, 0.2) is 28.7 Å². The first-order chi connectivity index (χ1) is 10.0. The predicted octanol–water partition coefficient (Wildman–Crippen LogP) is 1.40. The van der Waals surface area contributed by atoms with Crippen LogP contribution in [0.3, 0.4) is 0 Å². The normalized spacial score (nSPS) is 17.5. The predicted molar refractivity (Wildman–Crippen MR) is 83.7 cm³/mol. The van der Waals surface area contributed by atoms with Gasteiger partial charge in [-0.2, -0.15) is 0 Å². The van der Waals surface area contributed by atoms with E-state index in [9.17, 15) is 9.59 Å². The van der Waals surface area contributed by atoms with E-state index in [-0.39, 0.29) is 24.0 Å². The van der Waals surface area contributed by atoms with Gasteiger partial charge in [0.1, 0.15) is 6.04 Å². The van der Waals surface area contributed by atoms with Gasteiger partial charge >= 0.3 is 6.03 Å². The summed E-state index contributed by atoms with van der Waals surface area (Å²) in [6.07, 6.45) is 0.922. The van der Waals surface area contributed by atoms with Crippen LogP contribution in [0.2, 0.25) is 0 Å². The molecule has 1 aliphatic heterocycles. The highest BCUT2D eigenvalue weighted by atomic mass is 79.9. The van der Waals surface area contributed by atoms with Crippen molar-refractivity contribution in [2.75, 3.05) is 13.1 Å². The highest BCUT2D eigenvalue weighted by Gasteiger charge is 2.32. The number of imide groups is 1. The van der Waals surface area contributed by atoms with Crippen LogP contribution in [-0.2, 0) is 4.79 Å². The summed E-state index contributed by atoms with van der Waals surface area (Å²) in [6, 6.07) is 7.80. The Bertz CT molecular complexity index is 518. The molecule has 21 heavy (non-hydrogen) atoms. The van der Waals surface area contributed by atoms with Crippen LogP contribution < -0.4 is 10.6 Å². The number of nitrogens with one attached hydrogen (secondary N) is 1. The Morgan fingerprint density at radius 3 is 2.62 bits per heavy atom. The van der Waals surface area contributed by atoms with Gasteiger partial charge in [-0.3, -0.25) is 9.69 Å². The SMILES string of the molecule is CC[C@H]([NH2+][C@@H](C)C(=O)N1CCNC1=O)c1ccc(Br)cc1. The molecule has 2 rings (SSSR count). The number of amides is 3. The Labute approximate surface area is 133 Å². The number of quaternary nitrogens is 1. The third kappa shape index (κ3) is 3.83. The molecule has 3 N–H and O–H groups in total. The second kappa shape index (κ2) is 7.04. The average Bonchev–Trinajstić information content (AvgIpc) is 2.91. The molecule has 1 fully saturated rings. The van der Waals surface area contributed by atoms with Crippen LogP contribution >= 0.6 is 15.9 Å². The summed E-state index contributed by atoms with van der Waals surface area (Å²) in [5.74, 6) is -0.124. The molecule has 1 heterocycles. The number of hydrogen-bond acceptors (Lipinski definition) is 2. The molecule has 114 valence electrons. The molecule has 0 radical (unpaired) electrons. The van der Waals surface area contributed by atoms with Crippen molar-refractivity contribution in [1.29, 1.82) is 0 Å². The Hall–Kier alpha value is -1.40. The highest BCUT2D eigenvalue weighted by Crippen LogP contribution is 2.16. The molecule has 6 heteroatoms. The smallest absolute Gasteiger partial charge is 0.324 e. The van der Waals surface area contributed by atoms with Crippen molar-refractivity contribution in [3.05, 3.63) is 34.3 Å². The monoisotopic (exact) mass is 354 g/mol. The Balaban J connectivity index is 2.02. The summed E-state index contributed by atoms with van der Waals surface area (Å²) >= 11 is 3.43. The van der Waals surface area contributed by atoms with Crippen molar-refractivity contribution in [3.8, 4) is 0 Å². The van der Waals surface area contributed by atoms with Gasteiger partial charge in [0.25, 0.3) is 5.91 Å². The van der Waals surface area contributed by atoms with Crippen molar-refractivity contribution in [3.63, 3.8) is 0 Å². The summed E-state index contributed by atoms with van der Waals surface area (Å²) in [5.41, 5.74) is 1.19. The summed E-state index contributed by atoms with van der Waals surface area (Å²) in [4.78, 5) is 25.2. The maximum atomic E-state index is 12.3. The molecule has 2 atom stereocenters. The van der Waals surface area contributed by atoms with Crippen molar-refractivity contribution in [1.82, 2.24) is 10.2 Å². The number of carbonyl (C=O) groups is 2. The van der Waals surface area contributed by atoms with Gasteiger partial charge in [-0.15, -0.1) is 0 Å². The number of benzene rings is 1. The molecule has 0 spiro atoms. The van der Waals surface area contributed by atoms with E-state index < -0.39 is 0 Å². The first-order valence-corrected chi connectivity index (χ1v) is 8.02. The van der Waals surface area contributed by atoms with Gasteiger partial charge in [0.2, 0.25) is 0 Å². The second-order valence-electron chi connectivity index (χ2n) is 5.27. The second-order valence-corrected chi connectivity index (χ2v) is 6.18. The molecule has 1 aromatic carbocycles. The van der Waals surface area contributed by atoms with Crippen LogP contribution in [0.5, 0.6) is 0 Å². The summed E-state index contributed by atoms with van der Waals surface area (Å²) in [7, 11) is 0. The number of nitrogens with two attached hydrogens (primary N) is 1. The van der Waals surface area contributed by atoms with E-state index in [1.807, 2.05) is 24.4 Å². The number of nitrogens with zero attached hydrogens (tertiary/aromatic N) is 1. The molecule has 0 aromatic heterocycles. The number of carbonyl (C=O) groups excluding carboxylic acids is 2. The lowest BCUT2D eigenvalue weighted by Gasteiger charge is -2.21. The van der Waals surface area contributed by atoms with E-state index in [0.717, 1.165) is 10.9 Å². The lowest BCUT2D eigenvalue weighted by atomic mass is 10.0. The molecular weight excluding hydrogens is 334 g/mol. The van der Waals surface area contributed by atoms with E-state index >= 15 is 0 Å². The highest BCUT2D eigenvalue weighted by molar-refractivity contribution is 9.10. The Morgan fingerprint density at radius 2 is 2.10 bits per heavy atom. The molecule has 0 bridgehead atoms. The first-order valence-electron chi connectivity index (χ1n) is 7.22. The minimum atomic E-state index is -0.281. The fourth-order valence-corrected chi connectivity index (χ4v) is 2.82.